The van der Waals surface area contributed by atoms with Gasteiger partial charge in [0.25, 0.3) is 11.6 Å². The van der Waals surface area contributed by atoms with Crippen molar-refractivity contribution in [2.45, 2.75) is 26.3 Å². The lowest BCUT2D eigenvalue weighted by Gasteiger charge is -2.17. The van der Waals surface area contributed by atoms with Crippen molar-refractivity contribution in [2.75, 3.05) is 6.61 Å². The molecule has 0 aliphatic heterocycles. The zero-order chi connectivity index (χ0) is 27.1. The molecular weight excluding hydrogens is 490 g/mol. The normalized spacial score (nSPS) is 12.1. The van der Waals surface area contributed by atoms with Crippen molar-refractivity contribution < 1.29 is 23.7 Å². The number of hydrazone groups is 1. The Bertz CT molecular complexity index is 1470. The number of alkyl carbamates (subject to hydrolysis) is 1. The van der Waals surface area contributed by atoms with Crippen LogP contribution < -0.4 is 10.7 Å². The van der Waals surface area contributed by atoms with E-state index in [2.05, 4.69) is 20.8 Å². The number of nitro groups is 1. The molecule has 4 rings (SSSR count). The van der Waals surface area contributed by atoms with Crippen LogP contribution >= 0.6 is 0 Å². The number of fused-ring (bicyclic) bond motifs is 1. The lowest BCUT2D eigenvalue weighted by molar-refractivity contribution is -0.384. The summed E-state index contributed by atoms with van der Waals surface area (Å²) in [5.41, 5.74) is 4.68. The lowest BCUT2D eigenvalue weighted by Crippen LogP contribution is -2.47. The van der Waals surface area contributed by atoms with Crippen LogP contribution in [0.5, 0.6) is 0 Å². The van der Waals surface area contributed by atoms with Crippen LogP contribution in [0.2, 0.25) is 0 Å². The van der Waals surface area contributed by atoms with E-state index in [1.165, 1.54) is 18.3 Å². The van der Waals surface area contributed by atoms with Gasteiger partial charge in [-0.05, 0) is 29.7 Å². The molecule has 0 aliphatic rings. The topological polar surface area (TPSA) is 152 Å². The Morgan fingerprint density at radius 3 is 2.76 bits per heavy atom. The third-order valence-electron chi connectivity index (χ3n) is 5.59. The molecule has 196 valence electrons. The van der Waals surface area contributed by atoms with Gasteiger partial charge in [0.05, 0.1) is 17.7 Å². The average molecular weight is 518 g/mol. The minimum absolute atomic E-state index is 0.0537. The molecule has 38 heavy (non-hydrogen) atoms. The van der Waals surface area contributed by atoms with Crippen LogP contribution in [0.1, 0.15) is 25.2 Å². The monoisotopic (exact) mass is 517 g/mol. The summed E-state index contributed by atoms with van der Waals surface area (Å²) in [4.78, 5) is 39.0. The van der Waals surface area contributed by atoms with E-state index in [0.29, 0.717) is 17.1 Å². The van der Waals surface area contributed by atoms with E-state index in [4.69, 9.17) is 9.15 Å². The number of hydrogen-bond donors (Lipinski definition) is 3. The number of furan rings is 1. The molecule has 2 amide bonds. The number of ether oxygens (including phenoxy) is 1. The van der Waals surface area contributed by atoms with Gasteiger partial charge in [0.15, 0.2) is 0 Å². The number of benzene rings is 2. The quantitative estimate of drug-likeness (QED) is 0.156. The molecule has 0 spiro atoms. The van der Waals surface area contributed by atoms with Crippen LogP contribution in [0.15, 0.2) is 76.4 Å². The molecule has 1 atom stereocenters. The Hall–Kier alpha value is -4.93. The van der Waals surface area contributed by atoms with Gasteiger partial charge in [-0.25, -0.2) is 10.2 Å². The van der Waals surface area contributed by atoms with E-state index in [1.807, 2.05) is 38.1 Å². The molecule has 4 aromatic rings. The molecular formula is C27H27N5O6. The fourth-order valence-electron chi connectivity index (χ4n) is 3.74. The standard InChI is InChI=1S/C27H27N5O6/c1-17(2)16-37-27(34)30-24(13-19-14-28-23-9-4-3-8-22(19)23)26(33)31-29-15-21-10-11-25(38-21)18-6-5-7-20(12-18)32(35)36/h3-12,14-15,17,24,28H,13,16H2,1-2H3,(H,30,34)(H,31,33)/b29-15-/t24-/m1/s1. The highest BCUT2D eigenvalue weighted by atomic mass is 16.6. The van der Waals surface area contributed by atoms with Crippen LogP contribution in [0.3, 0.4) is 0 Å². The Balaban J connectivity index is 1.45. The second-order valence-electron chi connectivity index (χ2n) is 9.00. The van der Waals surface area contributed by atoms with Crippen molar-refractivity contribution in [3.63, 3.8) is 0 Å². The fourth-order valence-corrected chi connectivity index (χ4v) is 3.74. The summed E-state index contributed by atoms with van der Waals surface area (Å²) in [7, 11) is 0. The number of nitrogens with one attached hydrogen (secondary N) is 3. The summed E-state index contributed by atoms with van der Waals surface area (Å²) in [6.45, 7) is 4.05. The van der Waals surface area contributed by atoms with Crippen molar-refractivity contribution in [1.82, 2.24) is 15.7 Å². The highest BCUT2D eigenvalue weighted by molar-refractivity contribution is 5.89. The van der Waals surface area contributed by atoms with Gasteiger partial charge in [-0.3, -0.25) is 14.9 Å². The Labute approximate surface area is 218 Å². The van der Waals surface area contributed by atoms with Gasteiger partial charge < -0.3 is 19.5 Å². The molecule has 0 aliphatic carbocycles. The van der Waals surface area contributed by atoms with Gasteiger partial charge in [0, 0.05) is 41.2 Å². The molecule has 11 heteroatoms. The molecule has 2 heterocycles. The van der Waals surface area contributed by atoms with Gasteiger partial charge >= 0.3 is 6.09 Å². The number of nitro benzene ring substituents is 1. The first kappa shape index (κ1) is 26.1. The second kappa shape index (κ2) is 11.9. The number of hydrogen-bond acceptors (Lipinski definition) is 7. The molecule has 0 saturated heterocycles. The van der Waals surface area contributed by atoms with Crippen LogP contribution in [0, 0.1) is 16.0 Å². The second-order valence-corrected chi connectivity index (χ2v) is 9.00. The van der Waals surface area contributed by atoms with Gasteiger partial charge in [0.1, 0.15) is 17.6 Å². The van der Waals surface area contributed by atoms with E-state index in [1.54, 1.807) is 30.5 Å². The minimum atomic E-state index is -0.956. The van der Waals surface area contributed by atoms with E-state index in [0.717, 1.165) is 16.5 Å². The number of H-pyrrole nitrogens is 1. The molecule has 2 aromatic heterocycles. The van der Waals surface area contributed by atoms with E-state index in [9.17, 15) is 19.7 Å². The summed E-state index contributed by atoms with van der Waals surface area (Å²) in [6, 6.07) is 16.0. The maximum absolute atomic E-state index is 13.0. The number of rotatable bonds is 10. The van der Waals surface area contributed by atoms with Gasteiger partial charge in [-0.1, -0.05) is 44.2 Å². The van der Waals surface area contributed by atoms with E-state index >= 15 is 0 Å². The maximum Gasteiger partial charge on any atom is 0.407 e. The molecule has 11 nitrogen and oxygen atoms in total. The largest absolute Gasteiger partial charge is 0.455 e. The van der Waals surface area contributed by atoms with Crippen LogP contribution in [0.25, 0.3) is 22.2 Å². The number of carbonyl (C=O) groups is 2. The number of aromatic nitrogens is 1. The summed E-state index contributed by atoms with van der Waals surface area (Å²) in [5.74, 6) is 0.336. The summed E-state index contributed by atoms with van der Waals surface area (Å²) in [6.07, 6.45) is 2.61. The number of para-hydroxylation sites is 1. The number of aromatic amines is 1. The van der Waals surface area contributed by atoms with Crippen molar-refractivity contribution >= 4 is 34.8 Å². The van der Waals surface area contributed by atoms with Crippen LogP contribution in [-0.2, 0) is 16.0 Å². The Morgan fingerprint density at radius 1 is 1.16 bits per heavy atom. The van der Waals surface area contributed by atoms with Crippen molar-refractivity contribution in [3.8, 4) is 11.3 Å². The Morgan fingerprint density at radius 2 is 1.97 bits per heavy atom. The summed E-state index contributed by atoms with van der Waals surface area (Å²) >= 11 is 0. The maximum atomic E-state index is 13.0. The molecule has 0 saturated carbocycles. The first-order chi connectivity index (χ1) is 18.3. The van der Waals surface area contributed by atoms with Gasteiger partial charge in [0.2, 0.25) is 0 Å². The average Bonchev–Trinajstić information content (AvgIpc) is 3.54. The summed E-state index contributed by atoms with van der Waals surface area (Å²) in [5, 5.41) is 18.6. The number of amides is 2. The molecule has 0 radical (unpaired) electrons. The predicted octanol–water partition coefficient (Wildman–Crippen LogP) is 4.78. The van der Waals surface area contributed by atoms with Gasteiger partial charge in [-0.15, -0.1) is 0 Å². The fraction of sp³-hybridized carbons (Fsp3) is 0.222. The lowest BCUT2D eigenvalue weighted by atomic mass is 10.0. The minimum Gasteiger partial charge on any atom is -0.455 e. The SMILES string of the molecule is CC(C)COC(=O)N[C@H](Cc1c[nH]c2ccccc12)C(=O)N/N=C\c1ccc(-c2cccc([N+](=O)[O-])c2)o1. The number of carbonyl (C=O) groups excluding carboxylic acids is 2. The first-order valence-electron chi connectivity index (χ1n) is 12.0. The highest BCUT2D eigenvalue weighted by Gasteiger charge is 2.23. The zero-order valence-electron chi connectivity index (χ0n) is 20.8. The van der Waals surface area contributed by atoms with Crippen molar-refractivity contribution in [1.29, 1.82) is 0 Å². The zero-order valence-corrected chi connectivity index (χ0v) is 20.8. The highest BCUT2D eigenvalue weighted by Crippen LogP contribution is 2.25. The first-order valence-corrected chi connectivity index (χ1v) is 12.0. The molecule has 0 fully saturated rings. The van der Waals surface area contributed by atoms with Gasteiger partial charge in [-0.2, -0.15) is 5.10 Å². The molecule has 0 unspecified atom stereocenters. The molecule has 2 aromatic carbocycles. The predicted molar refractivity (Wildman–Crippen MR) is 142 cm³/mol. The molecule has 3 N–H and O–H groups in total. The van der Waals surface area contributed by atoms with Crippen molar-refractivity contribution in [3.05, 3.63) is 88.3 Å². The third-order valence-corrected chi connectivity index (χ3v) is 5.59. The summed E-state index contributed by atoms with van der Waals surface area (Å²) < 4.78 is 10.9. The third kappa shape index (κ3) is 6.64. The Kier molecular flexibility index (Phi) is 8.17. The number of nitrogens with zero attached hydrogens (tertiary/aromatic N) is 2. The number of non-ortho nitro benzene ring substituents is 1. The van der Waals surface area contributed by atoms with Crippen LogP contribution in [-0.4, -0.2) is 40.8 Å². The molecule has 0 bridgehead atoms. The van der Waals surface area contributed by atoms with Crippen molar-refractivity contribution in [2.24, 2.45) is 11.0 Å². The van der Waals surface area contributed by atoms with Crippen LogP contribution in [0.4, 0.5) is 10.5 Å². The smallest absolute Gasteiger partial charge is 0.407 e. The van der Waals surface area contributed by atoms with E-state index < -0.39 is 23.0 Å². The van der Waals surface area contributed by atoms with E-state index in [-0.39, 0.29) is 24.6 Å².